The molecule has 1 fully saturated rings. The summed E-state index contributed by atoms with van der Waals surface area (Å²) in [5.41, 5.74) is 1.66. The quantitative estimate of drug-likeness (QED) is 0.751. The molecule has 0 radical (unpaired) electrons. The Morgan fingerprint density at radius 1 is 0.885 bits per heavy atom. The lowest BCUT2D eigenvalue weighted by atomic mass is 9.95. The van der Waals surface area contributed by atoms with E-state index in [1.165, 1.54) is 18.2 Å². The SMILES string of the molecule is CSc1ccccc1C(=O)Nc1ccccc1C(=O)NC1CCCCC1. The van der Waals surface area contributed by atoms with Crippen molar-refractivity contribution in [3.8, 4) is 0 Å². The van der Waals surface area contributed by atoms with Crippen LogP contribution in [0.4, 0.5) is 5.69 Å². The Morgan fingerprint density at radius 2 is 1.54 bits per heavy atom. The first-order chi connectivity index (χ1) is 12.7. The van der Waals surface area contributed by atoms with E-state index >= 15 is 0 Å². The Hall–Kier alpha value is -2.27. The fourth-order valence-corrected chi connectivity index (χ4v) is 3.92. The van der Waals surface area contributed by atoms with Crippen molar-refractivity contribution < 1.29 is 9.59 Å². The highest BCUT2D eigenvalue weighted by molar-refractivity contribution is 7.98. The molecule has 4 nitrogen and oxygen atoms in total. The summed E-state index contributed by atoms with van der Waals surface area (Å²) in [4.78, 5) is 26.3. The van der Waals surface area contributed by atoms with Crippen LogP contribution in [0.1, 0.15) is 52.8 Å². The van der Waals surface area contributed by atoms with E-state index in [0.29, 0.717) is 16.8 Å². The molecule has 1 aliphatic rings. The molecule has 0 bridgehead atoms. The number of amides is 2. The molecule has 0 saturated heterocycles. The van der Waals surface area contributed by atoms with Crippen LogP contribution in [-0.4, -0.2) is 24.1 Å². The Balaban J connectivity index is 1.76. The lowest BCUT2D eigenvalue weighted by molar-refractivity contribution is 0.0928. The third-order valence-corrected chi connectivity index (χ3v) is 5.51. The number of benzene rings is 2. The Morgan fingerprint density at radius 3 is 2.27 bits per heavy atom. The predicted molar refractivity (Wildman–Crippen MR) is 107 cm³/mol. The number of carbonyl (C=O) groups excluding carboxylic acids is 2. The van der Waals surface area contributed by atoms with Crippen molar-refractivity contribution >= 4 is 29.3 Å². The van der Waals surface area contributed by atoms with Gasteiger partial charge in [0.15, 0.2) is 0 Å². The van der Waals surface area contributed by atoms with Crippen LogP contribution >= 0.6 is 11.8 Å². The van der Waals surface area contributed by atoms with Crippen molar-refractivity contribution in [1.82, 2.24) is 5.32 Å². The summed E-state index contributed by atoms with van der Waals surface area (Å²) in [7, 11) is 0. The number of para-hydroxylation sites is 1. The minimum absolute atomic E-state index is 0.119. The molecule has 2 aromatic carbocycles. The van der Waals surface area contributed by atoms with Gasteiger partial charge in [-0.2, -0.15) is 0 Å². The number of rotatable bonds is 5. The Bertz CT molecular complexity index is 785. The molecular formula is C21H24N2O2S. The van der Waals surface area contributed by atoms with Crippen molar-refractivity contribution in [3.63, 3.8) is 0 Å². The van der Waals surface area contributed by atoms with Gasteiger partial charge >= 0.3 is 0 Å². The average Bonchev–Trinajstić information content (AvgIpc) is 2.69. The van der Waals surface area contributed by atoms with E-state index in [1.807, 2.05) is 36.6 Å². The second kappa shape index (κ2) is 8.90. The van der Waals surface area contributed by atoms with Crippen LogP contribution in [0.25, 0.3) is 0 Å². The van der Waals surface area contributed by atoms with Gasteiger partial charge in [-0.05, 0) is 43.4 Å². The third kappa shape index (κ3) is 4.47. The van der Waals surface area contributed by atoms with Crippen LogP contribution < -0.4 is 10.6 Å². The summed E-state index contributed by atoms with van der Waals surface area (Å²) in [6.45, 7) is 0. The first-order valence-electron chi connectivity index (χ1n) is 9.03. The summed E-state index contributed by atoms with van der Waals surface area (Å²) < 4.78 is 0. The van der Waals surface area contributed by atoms with Crippen molar-refractivity contribution in [2.75, 3.05) is 11.6 Å². The van der Waals surface area contributed by atoms with Crippen LogP contribution in [0, 0.1) is 0 Å². The van der Waals surface area contributed by atoms with E-state index in [1.54, 1.807) is 18.2 Å². The lowest BCUT2D eigenvalue weighted by Gasteiger charge is -2.23. The zero-order chi connectivity index (χ0) is 18.4. The topological polar surface area (TPSA) is 58.2 Å². The van der Waals surface area contributed by atoms with Crippen molar-refractivity contribution in [2.45, 2.75) is 43.0 Å². The smallest absolute Gasteiger partial charge is 0.256 e. The number of anilines is 1. The molecule has 1 saturated carbocycles. The van der Waals surface area contributed by atoms with Gasteiger partial charge in [0.05, 0.1) is 16.8 Å². The number of thioether (sulfide) groups is 1. The number of hydrogen-bond acceptors (Lipinski definition) is 3. The maximum Gasteiger partial charge on any atom is 0.256 e. The van der Waals surface area contributed by atoms with Crippen molar-refractivity contribution in [3.05, 3.63) is 59.7 Å². The summed E-state index contributed by atoms with van der Waals surface area (Å²) in [6.07, 6.45) is 7.57. The van der Waals surface area contributed by atoms with E-state index in [0.717, 1.165) is 30.6 Å². The standard InChI is InChI=1S/C21H24N2O2S/c1-26-19-14-8-6-12-17(19)21(25)23-18-13-7-5-11-16(18)20(24)22-15-9-3-2-4-10-15/h5-8,11-15H,2-4,9-10H2,1H3,(H,22,24)(H,23,25). The van der Waals surface area contributed by atoms with Crippen LogP contribution in [-0.2, 0) is 0 Å². The minimum atomic E-state index is -0.201. The minimum Gasteiger partial charge on any atom is -0.349 e. The normalized spacial score (nSPS) is 14.7. The van der Waals surface area contributed by atoms with Gasteiger partial charge in [0, 0.05) is 10.9 Å². The van der Waals surface area contributed by atoms with Gasteiger partial charge in [-0.15, -0.1) is 11.8 Å². The monoisotopic (exact) mass is 368 g/mol. The van der Waals surface area contributed by atoms with E-state index in [-0.39, 0.29) is 17.9 Å². The van der Waals surface area contributed by atoms with Gasteiger partial charge < -0.3 is 10.6 Å². The molecule has 1 aliphatic carbocycles. The molecule has 136 valence electrons. The molecule has 0 aromatic heterocycles. The van der Waals surface area contributed by atoms with Gasteiger partial charge in [0.1, 0.15) is 0 Å². The van der Waals surface area contributed by atoms with Crippen LogP contribution in [0.2, 0.25) is 0 Å². The van der Waals surface area contributed by atoms with Gasteiger partial charge in [-0.1, -0.05) is 43.5 Å². The molecular weight excluding hydrogens is 344 g/mol. The highest BCUT2D eigenvalue weighted by Gasteiger charge is 2.20. The maximum atomic E-state index is 12.7. The fraction of sp³-hybridized carbons (Fsp3) is 0.333. The highest BCUT2D eigenvalue weighted by atomic mass is 32.2. The summed E-state index contributed by atoms with van der Waals surface area (Å²) in [5.74, 6) is -0.321. The fourth-order valence-electron chi connectivity index (χ4n) is 3.32. The Labute approximate surface area is 158 Å². The number of carbonyl (C=O) groups is 2. The number of nitrogens with one attached hydrogen (secondary N) is 2. The van der Waals surface area contributed by atoms with Crippen molar-refractivity contribution in [2.24, 2.45) is 0 Å². The molecule has 2 N–H and O–H groups in total. The van der Waals surface area contributed by atoms with Crippen LogP contribution in [0.5, 0.6) is 0 Å². The zero-order valence-corrected chi connectivity index (χ0v) is 15.8. The first kappa shape index (κ1) is 18.5. The number of hydrogen-bond donors (Lipinski definition) is 2. The van der Waals surface area contributed by atoms with E-state index in [9.17, 15) is 9.59 Å². The highest BCUT2D eigenvalue weighted by Crippen LogP contribution is 2.23. The van der Waals surface area contributed by atoms with Crippen LogP contribution in [0.15, 0.2) is 53.4 Å². The van der Waals surface area contributed by atoms with Gasteiger partial charge in [0.2, 0.25) is 0 Å². The summed E-state index contributed by atoms with van der Waals surface area (Å²) >= 11 is 1.53. The molecule has 3 rings (SSSR count). The molecule has 2 amide bonds. The van der Waals surface area contributed by atoms with E-state index in [2.05, 4.69) is 10.6 Å². The van der Waals surface area contributed by atoms with Crippen molar-refractivity contribution in [1.29, 1.82) is 0 Å². The van der Waals surface area contributed by atoms with Gasteiger partial charge in [-0.3, -0.25) is 9.59 Å². The van der Waals surface area contributed by atoms with E-state index in [4.69, 9.17) is 0 Å². The van der Waals surface area contributed by atoms with Gasteiger partial charge in [0.25, 0.3) is 11.8 Å². The van der Waals surface area contributed by atoms with Gasteiger partial charge in [-0.25, -0.2) is 0 Å². The molecule has 26 heavy (non-hydrogen) atoms. The lowest BCUT2D eigenvalue weighted by Crippen LogP contribution is -2.36. The summed E-state index contributed by atoms with van der Waals surface area (Å²) in [5, 5.41) is 6.02. The zero-order valence-electron chi connectivity index (χ0n) is 15.0. The molecule has 2 aromatic rings. The maximum absolute atomic E-state index is 12.7. The molecule has 0 spiro atoms. The third-order valence-electron chi connectivity index (χ3n) is 4.71. The molecule has 5 heteroatoms. The second-order valence-electron chi connectivity index (χ2n) is 6.51. The molecule has 0 heterocycles. The van der Waals surface area contributed by atoms with E-state index < -0.39 is 0 Å². The predicted octanol–water partition coefficient (Wildman–Crippen LogP) is 4.72. The van der Waals surface area contributed by atoms with Crippen LogP contribution in [0.3, 0.4) is 0 Å². The molecule has 0 unspecified atom stereocenters. The average molecular weight is 369 g/mol. The second-order valence-corrected chi connectivity index (χ2v) is 7.36. The Kier molecular flexibility index (Phi) is 6.34. The summed E-state index contributed by atoms with van der Waals surface area (Å²) in [6, 6.07) is 14.9. The first-order valence-corrected chi connectivity index (χ1v) is 10.3. The molecule has 0 aliphatic heterocycles. The largest absolute Gasteiger partial charge is 0.349 e. The molecule has 0 atom stereocenters.